The van der Waals surface area contributed by atoms with Gasteiger partial charge in [-0.1, -0.05) is 24.3 Å². The van der Waals surface area contributed by atoms with Crippen molar-refractivity contribution in [1.82, 2.24) is 0 Å². The zero-order valence-corrected chi connectivity index (χ0v) is 6.44. The number of hydrogen-bond acceptors (Lipinski definition) is 0. The van der Waals surface area contributed by atoms with Gasteiger partial charge in [-0.15, -0.1) is 0 Å². The Balaban J connectivity index is 0.000000640. The van der Waals surface area contributed by atoms with Crippen LogP contribution in [-0.2, 0) is 16.5 Å². The molecule has 0 aromatic heterocycles. The van der Waals surface area contributed by atoms with Gasteiger partial charge in [0.25, 0.3) is 0 Å². The minimum atomic E-state index is 0. The molecule has 0 amide bonds. The van der Waals surface area contributed by atoms with Crippen molar-refractivity contribution in [2.45, 2.75) is 25.7 Å². The topological polar surface area (TPSA) is 0 Å². The van der Waals surface area contributed by atoms with E-state index in [4.69, 9.17) is 0 Å². The normalized spacial score (nSPS) is 17.8. The van der Waals surface area contributed by atoms with Crippen LogP contribution in [0.15, 0.2) is 24.3 Å². The van der Waals surface area contributed by atoms with Crippen LogP contribution in [0.4, 0.5) is 0 Å². The summed E-state index contributed by atoms with van der Waals surface area (Å²) < 4.78 is 0. The molecule has 1 aliphatic rings. The smallest absolute Gasteiger partial charge is 0.0845 e. The molecular formula is C8H12Ni+2. The molecule has 52 valence electrons. The second-order valence-corrected chi connectivity index (χ2v) is 2.14. The zero-order chi connectivity index (χ0) is 5.66. The predicted octanol–water partition coefficient (Wildman–Crippen LogP) is 2.67. The molecule has 0 aromatic carbocycles. The average Bonchev–Trinajstić information content (AvgIpc) is 1.62. The van der Waals surface area contributed by atoms with Gasteiger partial charge in [0.05, 0.1) is 0 Å². The summed E-state index contributed by atoms with van der Waals surface area (Å²) in [6.45, 7) is 0. The Labute approximate surface area is 67.0 Å². The molecule has 0 saturated carbocycles. The molecule has 9 heavy (non-hydrogen) atoms. The maximum Gasteiger partial charge on any atom is 2.00 e. The van der Waals surface area contributed by atoms with E-state index in [-0.39, 0.29) is 16.5 Å². The molecule has 0 atom stereocenters. The van der Waals surface area contributed by atoms with Crippen LogP contribution < -0.4 is 0 Å². The molecule has 0 aromatic rings. The van der Waals surface area contributed by atoms with E-state index in [1.807, 2.05) is 0 Å². The molecule has 1 rings (SSSR count). The van der Waals surface area contributed by atoms with Crippen molar-refractivity contribution in [3.63, 3.8) is 0 Å². The predicted molar refractivity (Wildman–Crippen MR) is 36.7 cm³/mol. The number of allylic oxidation sites excluding steroid dienone is 4. The molecule has 0 bridgehead atoms. The maximum absolute atomic E-state index is 2.23. The number of hydrogen-bond donors (Lipinski definition) is 0. The van der Waals surface area contributed by atoms with Gasteiger partial charge in [-0.05, 0) is 25.7 Å². The van der Waals surface area contributed by atoms with Crippen molar-refractivity contribution in [2.24, 2.45) is 0 Å². The number of rotatable bonds is 0. The molecular weight excluding hydrogens is 155 g/mol. The minimum Gasteiger partial charge on any atom is -0.0845 e. The van der Waals surface area contributed by atoms with Crippen molar-refractivity contribution >= 4 is 0 Å². The van der Waals surface area contributed by atoms with Gasteiger partial charge < -0.3 is 0 Å². The van der Waals surface area contributed by atoms with E-state index in [1.54, 1.807) is 0 Å². The third kappa shape index (κ3) is 4.48. The summed E-state index contributed by atoms with van der Waals surface area (Å²) in [6.07, 6.45) is 14.0. The van der Waals surface area contributed by atoms with E-state index in [2.05, 4.69) is 24.3 Å². The van der Waals surface area contributed by atoms with Crippen LogP contribution in [0.25, 0.3) is 0 Å². The Bertz CT molecular complexity index is 89.1. The van der Waals surface area contributed by atoms with Crippen LogP contribution >= 0.6 is 0 Å². The molecule has 1 aliphatic carbocycles. The molecule has 1 heteroatoms. The zero-order valence-electron chi connectivity index (χ0n) is 5.45. The van der Waals surface area contributed by atoms with Crippen molar-refractivity contribution < 1.29 is 16.5 Å². The minimum absolute atomic E-state index is 0. The third-order valence-corrected chi connectivity index (χ3v) is 1.37. The maximum atomic E-state index is 2.23. The van der Waals surface area contributed by atoms with Gasteiger partial charge in [-0.2, -0.15) is 0 Å². The molecule has 0 nitrogen and oxygen atoms in total. The summed E-state index contributed by atoms with van der Waals surface area (Å²) in [5, 5.41) is 0. The van der Waals surface area contributed by atoms with Gasteiger partial charge in [0.15, 0.2) is 0 Å². The van der Waals surface area contributed by atoms with Gasteiger partial charge in [0.2, 0.25) is 0 Å². The Morgan fingerprint density at radius 3 is 1.67 bits per heavy atom. The standard InChI is InChI=1S/C8H12.Ni/c1-2-4-6-8-7-5-3-1;/h1-4H,5-8H2;/q;+2. The van der Waals surface area contributed by atoms with Crippen LogP contribution in [0.3, 0.4) is 0 Å². The third-order valence-electron chi connectivity index (χ3n) is 1.37. The Morgan fingerprint density at radius 1 is 0.778 bits per heavy atom. The first kappa shape index (κ1) is 8.97. The van der Waals surface area contributed by atoms with E-state index >= 15 is 0 Å². The Morgan fingerprint density at radius 2 is 1.22 bits per heavy atom. The fourth-order valence-electron chi connectivity index (χ4n) is 0.874. The van der Waals surface area contributed by atoms with E-state index in [1.165, 1.54) is 25.7 Å². The second-order valence-electron chi connectivity index (χ2n) is 2.14. The second kappa shape index (κ2) is 6.10. The monoisotopic (exact) mass is 166 g/mol. The molecule has 0 spiro atoms. The largest absolute Gasteiger partial charge is 2.00 e. The summed E-state index contributed by atoms with van der Waals surface area (Å²) >= 11 is 0. The van der Waals surface area contributed by atoms with Crippen LogP contribution in [0.1, 0.15) is 25.7 Å². The van der Waals surface area contributed by atoms with Gasteiger partial charge in [-0.25, -0.2) is 0 Å². The quantitative estimate of drug-likeness (QED) is 0.486. The average molecular weight is 167 g/mol. The van der Waals surface area contributed by atoms with Crippen molar-refractivity contribution in [3.8, 4) is 0 Å². The Kier molecular flexibility index (Phi) is 6.08. The van der Waals surface area contributed by atoms with Gasteiger partial charge >= 0.3 is 16.5 Å². The SMILES string of the molecule is C1=CCCCCC=C1.[Ni+2]. The Hall–Kier alpha value is -0.0265. The summed E-state index contributed by atoms with van der Waals surface area (Å²) in [7, 11) is 0. The van der Waals surface area contributed by atoms with Crippen molar-refractivity contribution in [2.75, 3.05) is 0 Å². The summed E-state index contributed by atoms with van der Waals surface area (Å²) in [5.74, 6) is 0. The van der Waals surface area contributed by atoms with E-state index in [0.29, 0.717) is 0 Å². The first-order valence-corrected chi connectivity index (χ1v) is 3.32. The molecule has 0 aliphatic heterocycles. The van der Waals surface area contributed by atoms with E-state index in [0.717, 1.165) is 0 Å². The molecule has 0 unspecified atom stereocenters. The molecule has 0 fully saturated rings. The fourth-order valence-corrected chi connectivity index (χ4v) is 0.874. The fraction of sp³-hybridized carbons (Fsp3) is 0.500. The summed E-state index contributed by atoms with van der Waals surface area (Å²) in [5.41, 5.74) is 0. The van der Waals surface area contributed by atoms with Crippen LogP contribution in [0.5, 0.6) is 0 Å². The summed E-state index contributed by atoms with van der Waals surface area (Å²) in [6, 6.07) is 0. The van der Waals surface area contributed by atoms with E-state index in [9.17, 15) is 0 Å². The first-order valence-electron chi connectivity index (χ1n) is 3.32. The molecule has 0 saturated heterocycles. The van der Waals surface area contributed by atoms with Gasteiger partial charge in [0, 0.05) is 0 Å². The van der Waals surface area contributed by atoms with Crippen molar-refractivity contribution in [3.05, 3.63) is 24.3 Å². The first-order chi connectivity index (χ1) is 4.00. The van der Waals surface area contributed by atoms with Crippen LogP contribution in [0, 0.1) is 0 Å². The molecule has 0 radical (unpaired) electrons. The van der Waals surface area contributed by atoms with Gasteiger partial charge in [0.1, 0.15) is 0 Å². The van der Waals surface area contributed by atoms with Crippen molar-refractivity contribution in [1.29, 1.82) is 0 Å². The van der Waals surface area contributed by atoms with E-state index < -0.39 is 0 Å². The van der Waals surface area contributed by atoms with Crippen LogP contribution in [-0.4, -0.2) is 0 Å². The molecule has 0 N–H and O–H groups in total. The van der Waals surface area contributed by atoms with Crippen LogP contribution in [0.2, 0.25) is 0 Å². The van der Waals surface area contributed by atoms with Gasteiger partial charge in [-0.3, -0.25) is 0 Å². The molecule has 0 heterocycles. The summed E-state index contributed by atoms with van der Waals surface area (Å²) in [4.78, 5) is 0.